The van der Waals surface area contributed by atoms with Gasteiger partial charge in [-0.2, -0.15) is 0 Å². The molecule has 1 aromatic rings. The number of anilines is 1. The van der Waals surface area contributed by atoms with E-state index in [4.69, 9.17) is 0 Å². The summed E-state index contributed by atoms with van der Waals surface area (Å²) in [6.07, 6.45) is 3.19. The lowest BCUT2D eigenvalue weighted by molar-refractivity contribution is 0.0950. The fourth-order valence-corrected chi connectivity index (χ4v) is 2.34. The molecule has 19 heavy (non-hydrogen) atoms. The summed E-state index contributed by atoms with van der Waals surface area (Å²) in [7, 11) is 0. The first-order valence-corrected chi connectivity index (χ1v) is 7.11. The van der Waals surface area contributed by atoms with Crippen LogP contribution in [0.3, 0.4) is 0 Å². The van der Waals surface area contributed by atoms with E-state index in [1.54, 1.807) is 0 Å². The summed E-state index contributed by atoms with van der Waals surface area (Å²) in [5.74, 6) is 0.0375. The van der Waals surface area contributed by atoms with Crippen molar-refractivity contribution in [3.05, 3.63) is 29.3 Å². The van der Waals surface area contributed by atoms with Crippen LogP contribution in [0.25, 0.3) is 0 Å². The molecule has 1 aliphatic heterocycles. The molecule has 2 N–H and O–H groups in total. The van der Waals surface area contributed by atoms with E-state index in [0.29, 0.717) is 0 Å². The molecule has 1 heterocycles. The average Bonchev–Trinajstić information content (AvgIpc) is 2.36. The van der Waals surface area contributed by atoms with E-state index in [0.717, 1.165) is 43.6 Å². The second-order valence-corrected chi connectivity index (χ2v) is 6.44. The van der Waals surface area contributed by atoms with Crippen molar-refractivity contribution in [3.63, 3.8) is 0 Å². The SMILES string of the molecule is CC(C)(C)CCNC(=O)c1cccc2c1NCCC2. The summed E-state index contributed by atoms with van der Waals surface area (Å²) in [6, 6.07) is 5.99. The number of para-hydroxylation sites is 1. The van der Waals surface area contributed by atoms with Crippen molar-refractivity contribution in [2.75, 3.05) is 18.4 Å². The van der Waals surface area contributed by atoms with Gasteiger partial charge in [-0.15, -0.1) is 0 Å². The summed E-state index contributed by atoms with van der Waals surface area (Å²) in [5.41, 5.74) is 3.32. The van der Waals surface area contributed by atoms with Crippen molar-refractivity contribution in [2.45, 2.75) is 40.0 Å². The summed E-state index contributed by atoms with van der Waals surface area (Å²) in [5, 5.41) is 6.38. The topological polar surface area (TPSA) is 41.1 Å². The third-order valence-corrected chi connectivity index (χ3v) is 3.48. The van der Waals surface area contributed by atoms with Crippen LogP contribution in [0, 0.1) is 5.41 Å². The Kier molecular flexibility index (Phi) is 4.13. The Balaban J connectivity index is 2.03. The van der Waals surface area contributed by atoms with Crippen molar-refractivity contribution in [1.29, 1.82) is 0 Å². The molecule has 2 rings (SSSR count). The number of amides is 1. The van der Waals surface area contributed by atoms with Crippen molar-refractivity contribution >= 4 is 11.6 Å². The van der Waals surface area contributed by atoms with E-state index in [9.17, 15) is 4.79 Å². The molecule has 0 radical (unpaired) electrons. The van der Waals surface area contributed by atoms with Crippen LogP contribution in [0.15, 0.2) is 18.2 Å². The van der Waals surface area contributed by atoms with Gasteiger partial charge in [-0.1, -0.05) is 32.9 Å². The zero-order valence-corrected chi connectivity index (χ0v) is 12.2. The number of benzene rings is 1. The van der Waals surface area contributed by atoms with E-state index < -0.39 is 0 Å². The maximum Gasteiger partial charge on any atom is 0.253 e. The second kappa shape index (κ2) is 5.64. The van der Waals surface area contributed by atoms with Crippen LogP contribution in [0.2, 0.25) is 0 Å². The zero-order chi connectivity index (χ0) is 13.9. The molecule has 0 bridgehead atoms. The van der Waals surface area contributed by atoms with Gasteiger partial charge < -0.3 is 10.6 Å². The molecular formula is C16H24N2O. The quantitative estimate of drug-likeness (QED) is 0.876. The minimum Gasteiger partial charge on any atom is -0.384 e. The smallest absolute Gasteiger partial charge is 0.253 e. The van der Waals surface area contributed by atoms with Gasteiger partial charge in [-0.3, -0.25) is 4.79 Å². The number of hydrogen-bond acceptors (Lipinski definition) is 2. The largest absolute Gasteiger partial charge is 0.384 e. The van der Waals surface area contributed by atoms with Gasteiger partial charge in [0.15, 0.2) is 0 Å². The number of carbonyl (C=O) groups is 1. The fourth-order valence-electron chi connectivity index (χ4n) is 2.34. The van der Waals surface area contributed by atoms with Crippen LogP contribution < -0.4 is 10.6 Å². The highest BCUT2D eigenvalue weighted by Crippen LogP contribution is 2.26. The normalized spacial score (nSPS) is 14.5. The third-order valence-electron chi connectivity index (χ3n) is 3.48. The monoisotopic (exact) mass is 260 g/mol. The van der Waals surface area contributed by atoms with Crippen LogP contribution in [-0.4, -0.2) is 19.0 Å². The molecule has 0 saturated carbocycles. The highest BCUT2D eigenvalue weighted by Gasteiger charge is 2.17. The van der Waals surface area contributed by atoms with Crippen molar-refractivity contribution in [2.24, 2.45) is 5.41 Å². The van der Waals surface area contributed by atoms with Gasteiger partial charge in [-0.05, 0) is 36.3 Å². The van der Waals surface area contributed by atoms with Gasteiger partial charge in [0, 0.05) is 13.1 Å². The molecule has 0 unspecified atom stereocenters. The standard InChI is InChI=1S/C16H24N2O/c1-16(2,3)9-11-18-15(19)13-8-4-6-12-7-5-10-17-14(12)13/h4,6,8,17H,5,7,9-11H2,1-3H3,(H,18,19). The minimum atomic E-state index is 0.0375. The van der Waals surface area contributed by atoms with Gasteiger partial charge >= 0.3 is 0 Å². The predicted octanol–water partition coefficient (Wildman–Crippen LogP) is 3.21. The van der Waals surface area contributed by atoms with Crippen molar-refractivity contribution < 1.29 is 4.79 Å². The Hall–Kier alpha value is -1.51. The first kappa shape index (κ1) is 13.9. The Morgan fingerprint density at radius 2 is 2.16 bits per heavy atom. The predicted molar refractivity (Wildman–Crippen MR) is 79.7 cm³/mol. The molecule has 3 nitrogen and oxygen atoms in total. The Labute approximate surface area is 115 Å². The fraction of sp³-hybridized carbons (Fsp3) is 0.562. The second-order valence-electron chi connectivity index (χ2n) is 6.44. The molecular weight excluding hydrogens is 236 g/mol. The van der Waals surface area contributed by atoms with Gasteiger partial charge in [0.25, 0.3) is 5.91 Å². The maximum absolute atomic E-state index is 12.3. The molecule has 0 saturated heterocycles. The molecule has 3 heteroatoms. The molecule has 0 fully saturated rings. The van der Waals surface area contributed by atoms with Crippen molar-refractivity contribution in [3.8, 4) is 0 Å². The highest BCUT2D eigenvalue weighted by molar-refractivity contribution is 6.00. The Bertz CT molecular complexity index is 460. The summed E-state index contributed by atoms with van der Waals surface area (Å²) >= 11 is 0. The molecule has 104 valence electrons. The summed E-state index contributed by atoms with van der Waals surface area (Å²) in [6.45, 7) is 8.24. The van der Waals surface area contributed by atoms with Gasteiger partial charge in [0.2, 0.25) is 0 Å². The number of rotatable bonds is 3. The summed E-state index contributed by atoms with van der Waals surface area (Å²) < 4.78 is 0. The number of hydrogen-bond donors (Lipinski definition) is 2. The van der Waals surface area contributed by atoms with E-state index in [1.807, 2.05) is 12.1 Å². The number of carbonyl (C=O) groups excluding carboxylic acids is 1. The average molecular weight is 260 g/mol. The van der Waals surface area contributed by atoms with Gasteiger partial charge in [0.1, 0.15) is 0 Å². The number of aryl methyl sites for hydroxylation is 1. The maximum atomic E-state index is 12.3. The van der Waals surface area contributed by atoms with Crippen LogP contribution in [-0.2, 0) is 6.42 Å². The Morgan fingerprint density at radius 1 is 1.37 bits per heavy atom. The van der Waals surface area contributed by atoms with Gasteiger partial charge in [-0.25, -0.2) is 0 Å². The summed E-state index contributed by atoms with van der Waals surface area (Å²) in [4.78, 5) is 12.3. The molecule has 0 atom stereocenters. The van der Waals surface area contributed by atoms with Crippen LogP contribution >= 0.6 is 0 Å². The first-order chi connectivity index (χ1) is 8.97. The molecule has 0 spiro atoms. The minimum absolute atomic E-state index is 0.0375. The number of nitrogens with one attached hydrogen (secondary N) is 2. The van der Waals surface area contributed by atoms with E-state index >= 15 is 0 Å². The Morgan fingerprint density at radius 3 is 2.89 bits per heavy atom. The van der Waals surface area contributed by atoms with E-state index in [-0.39, 0.29) is 11.3 Å². The lowest BCUT2D eigenvalue weighted by Gasteiger charge is -2.22. The third kappa shape index (κ3) is 3.72. The van der Waals surface area contributed by atoms with E-state index in [1.165, 1.54) is 5.56 Å². The molecule has 1 aliphatic rings. The molecule has 0 aromatic heterocycles. The lowest BCUT2D eigenvalue weighted by atomic mass is 9.92. The van der Waals surface area contributed by atoms with E-state index in [2.05, 4.69) is 37.5 Å². The molecule has 1 amide bonds. The van der Waals surface area contributed by atoms with Crippen LogP contribution in [0.1, 0.15) is 49.5 Å². The van der Waals surface area contributed by atoms with Crippen molar-refractivity contribution in [1.82, 2.24) is 5.32 Å². The lowest BCUT2D eigenvalue weighted by Crippen LogP contribution is -2.28. The molecule has 1 aromatic carbocycles. The zero-order valence-electron chi connectivity index (χ0n) is 12.2. The highest BCUT2D eigenvalue weighted by atomic mass is 16.1. The number of fused-ring (bicyclic) bond motifs is 1. The van der Waals surface area contributed by atoms with Gasteiger partial charge in [0.05, 0.1) is 11.3 Å². The van der Waals surface area contributed by atoms with Crippen LogP contribution in [0.4, 0.5) is 5.69 Å². The first-order valence-electron chi connectivity index (χ1n) is 7.11. The van der Waals surface area contributed by atoms with Crippen LogP contribution in [0.5, 0.6) is 0 Å². The molecule has 0 aliphatic carbocycles.